The van der Waals surface area contributed by atoms with Crippen LogP contribution < -0.4 is 10.0 Å². The van der Waals surface area contributed by atoms with Gasteiger partial charge in [0, 0.05) is 12.6 Å². The summed E-state index contributed by atoms with van der Waals surface area (Å²) in [6.07, 6.45) is 4.65. The van der Waals surface area contributed by atoms with Crippen LogP contribution in [0.3, 0.4) is 0 Å². The van der Waals surface area contributed by atoms with Crippen molar-refractivity contribution in [1.29, 1.82) is 0 Å². The van der Waals surface area contributed by atoms with Crippen LogP contribution in [0.15, 0.2) is 29.2 Å². The van der Waals surface area contributed by atoms with Crippen LogP contribution in [-0.2, 0) is 10.0 Å². The first-order chi connectivity index (χ1) is 9.60. The first-order valence-electron chi connectivity index (χ1n) is 7.45. The highest BCUT2D eigenvalue weighted by atomic mass is 32.2. The zero-order valence-corrected chi connectivity index (χ0v) is 12.6. The molecule has 0 aliphatic heterocycles. The number of fused-ring (bicyclic) bond motifs is 2. The third-order valence-corrected chi connectivity index (χ3v) is 6.14. The number of para-hydroxylation sites is 1. The lowest BCUT2D eigenvalue weighted by Crippen LogP contribution is -2.38. The standard InChI is InChI=1S/C15H22N2O2S/c1-2-16-13-5-3-4-6-15(13)20(18,19)17-14-10-11-7-8-12(14)9-11/h3-6,11-12,14,16-17H,2,7-10H2,1H3. The third kappa shape index (κ3) is 2.56. The Labute approximate surface area is 121 Å². The van der Waals surface area contributed by atoms with Crippen molar-refractivity contribution in [2.24, 2.45) is 11.8 Å². The fourth-order valence-corrected chi connectivity index (χ4v) is 5.19. The van der Waals surface area contributed by atoms with Crippen molar-refractivity contribution in [3.8, 4) is 0 Å². The first kappa shape index (κ1) is 13.9. The van der Waals surface area contributed by atoms with Gasteiger partial charge in [0.15, 0.2) is 0 Å². The van der Waals surface area contributed by atoms with Gasteiger partial charge in [-0.05, 0) is 50.2 Å². The van der Waals surface area contributed by atoms with E-state index in [0.29, 0.717) is 23.0 Å². The maximum absolute atomic E-state index is 12.6. The smallest absolute Gasteiger partial charge is 0.242 e. The molecule has 1 aromatic carbocycles. The maximum atomic E-state index is 12.6. The van der Waals surface area contributed by atoms with Crippen molar-refractivity contribution >= 4 is 15.7 Å². The minimum atomic E-state index is -3.43. The van der Waals surface area contributed by atoms with Gasteiger partial charge in [-0.15, -0.1) is 0 Å². The van der Waals surface area contributed by atoms with Gasteiger partial charge >= 0.3 is 0 Å². The van der Waals surface area contributed by atoms with Crippen molar-refractivity contribution in [3.63, 3.8) is 0 Å². The van der Waals surface area contributed by atoms with Gasteiger partial charge in [-0.3, -0.25) is 0 Å². The van der Waals surface area contributed by atoms with Crippen LogP contribution in [0, 0.1) is 11.8 Å². The molecule has 0 amide bonds. The predicted octanol–water partition coefficient (Wildman–Crippen LogP) is 2.59. The lowest BCUT2D eigenvalue weighted by Gasteiger charge is -2.23. The summed E-state index contributed by atoms with van der Waals surface area (Å²) in [5.41, 5.74) is 0.686. The zero-order valence-electron chi connectivity index (χ0n) is 11.8. The second-order valence-electron chi connectivity index (χ2n) is 5.93. The minimum Gasteiger partial charge on any atom is -0.384 e. The summed E-state index contributed by atoms with van der Waals surface area (Å²) in [5, 5.41) is 3.12. The average molecular weight is 294 g/mol. The molecule has 2 aliphatic rings. The highest BCUT2D eigenvalue weighted by molar-refractivity contribution is 7.89. The monoisotopic (exact) mass is 294 g/mol. The predicted molar refractivity (Wildman–Crippen MR) is 80.2 cm³/mol. The second-order valence-corrected chi connectivity index (χ2v) is 7.61. The van der Waals surface area contributed by atoms with Crippen LogP contribution in [0.25, 0.3) is 0 Å². The molecule has 5 heteroatoms. The number of hydrogen-bond donors (Lipinski definition) is 2. The third-order valence-electron chi connectivity index (χ3n) is 4.59. The fourth-order valence-electron chi connectivity index (χ4n) is 3.69. The van der Waals surface area contributed by atoms with E-state index in [1.807, 2.05) is 19.1 Å². The van der Waals surface area contributed by atoms with Crippen molar-refractivity contribution in [1.82, 2.24) is 4.72 Å². The van der Waals surface area contributed by atoms with E-state index in [4.69, 9.17) is 0 Å². The Bertz CT molecular complexity index is 585. The molecule has 0 saturated heterocycles. The SMILES string of the molecule is CCNc1ccccc1S(=O)(=O)NC1CC2CCC1C2. The quantitative estimate of drug-likeness (QED) is 0.877. The molecule has 0 radical (unpaired) electrons. The van der Waals surface area contributed by atoms with Gasteiger partial charge in [0.1, 0.15) is 4.90 Å². The summed E-state index contributed by atoms with van der Waals surface area (Å²) in [7, 11) is -3.43. The van der Waals surface area contributed by atoms with Gasteiger partial charge in [0.2, 0.25) is 10.0 Å². The summed E-state index contributed by atoms with van der Waals surface area (Å²) in [6.45, 7) is 2.67. The number of rotatable bonds is 5. The molecule has 2 bridgehead atoms. The fraction of sp³-hybridized carbons (Fsp3) is 0.600. The molecule has 0 aromatic heterocycles. The number of nitrogens with one attached hydrogen (secondary N) is 2. The second kappa shape index (κ2) is 5.37. The summed E-state index contributed by atoms with van der Waals surface area (Å²) < 4.78 is 28.2. The van der Waals surface area contributed by atoms with E-state index in [9.17, 15) is 8.42 Å². The molecular weight excluding hydrogens is 272 g/mol. The lowest BCUT2D eigenvalue weighted by molar-refractivity contribution is 0.390. The van der Waals surface area contributed by atoms with Gasteiger partial charge in [0.05, 0.1) is 5.69 Å². The Hall–Kier alpha value is -1.07. The molecule has 2 aliphatic carbocycles. The topological polar surface area (TPSA) is 58.2 Å². The molecule has 3 rings (SSSR count). The van der Waals surface area contributed by atoms with Crippen LogP contribution in [0.4, 0.5) is 5.69 Å². The highest BCUT2D eigenvalue weighted by Gasteiger charge is 2.41. The molecule has 2 saturated carbocycles. The summed E-state index contributed by atoms with van der Waals surface area (Å²) in [6, 6.07) is 7.25. The summed E-state index contributed by atoms with van der Waals surface area (Å²) in [5.74, 6) is 1.28. The van der Waals surface area contributed by atoms with Crippen molar-refractivity contribution < 1.29 is 8.42 Å². The van der Waals surface area contributed by atoms with Gasteiger partial charge in [-0.2, -0.15) is 0 Å². The van der Waals surface area contributed by atoms with Crippen molar-refractivity contribution in [3.05, 3.63) is 24.3 Å². The van der Waals surface area contributed by atoms with E-state index in [0.717, 1.165) is 12.3 Å². The Kier molecular flexibility index (Phi) is 3.73. The highest BCUT2D eigenvalue weighted by Crippen LogP contribution is 2.44. The normalized spacial score (nSPS) is 28.8. The molecule has 3 atom stereocenters. The molecule has 110 valence electrons. The number of hydrogen-bond acceptors (Lipinski definition) is 3. The molecule has 4 nitrogen and oxygen atoms in total. The Morgan fingerprint density at radius 3 is 2.65 bits per heavy atom. The molecule has 2 fully saturated rings. The minimum absolute atomic E-state index is 0.133. The number of sulfonamides is 1. The Morgan fingerprint density at radius 1 is 1.20 bits per heavy atom. The van der Waals surface area contributed by atoms with E-state index in [2.05, 4.69) is 10.0 Å². The van der Waals surface area contributed by atoms with Crippen LogP contribution >= 0.6 is 0 Å². The average Bonchev–Trinajstić information content (AvgIpc) is 3.01. The van der Waals surface area contributed by atoms with Crippen molar-refractivity contribution in [2.45, 2.75) is 43.5 Å². The lowest BCUT2D eigenvalue weighted by atomic mass is 9.96. The molecule has 2 N–H and O–H groups in total. The summed E-state index contributed by atoms with van der Waals surface area (Å²) in [4.78, 5) is 0.365. The van der Waals surface area contributed by atoms with E-state index < -0.39 is 10.0 Å². The van der Waals surface area contributed by atoms with Crippen LogP contribution in [0.2, 0.25) is 0 Å². The molecule has 20 heavy (non-hydrogen) atoms. The molecule has 0 heterocycles. The van der Waals surface area contributed by atoms with Gasteiger partial charge in [-0.1, -0.05) is 18.6 Å². The summed E-state index contributed by atoms with van der Waals surface area (Å²) >= 11 is 0. The maximum Gasteiger partial charge on any atom is 0.242 e. The van der Waals surface area contributed by atoms with Crippen LogP contribution in [0.5, 0.6) is 0 Å². The first-order valence-corrected chi connectivity index (χ1v) is 8.93. The molecule has 3 unspecified atom stereocenters. The van der Waals surface area contributed by atoms with Crippen LogP contribution in [-0.4, -0.2) is 21.0 Å². The molecular formula is C15H22N2O2S. The molecule has 0 spiro atoms. The van der Waals surface area contributed by atoms with E-state index >= 15 is 0 Å². The number of benzene rings is 1. The largest absolute Gasteiger partial charge is 0.384 e. The van der Waals surface area contributed by atoms with E-state index in [-0.39, 0.29) is 6.04 Å². The van der Waals surface area contributed by atoms with Gasteiger partial charge < -0.3 is 5.32 Å². The van der Waals surface area contributed by atoms with E-state index in [1.54, 1.807) is 12.1 Å². The Balaban J connectivity index is 1.81. The van der Waals surface area contributed by atoms with Crippen molar-refractivity contribution in [2.75, 3.05) is 11.9 Å². The van der Waals surface area contributed by atoms with Crippen LogP contribution in [0.1, 0.15) is 32.6 Å². The molecule has 1 aromatic rings. The Morgan fingerprint density at radius 2 is 2.00 bits per heavy atom. The zero-order chi connectivity index (χ0) is 14.2. The van der Waals surface area contributed by atoms with Gasteiger partial charge in [0.25, 0.3) is 0 Å². The van der Waals surface area contributed by atoms with E-state index in [1.165, 1.54) is 19.3 Å². The van der Waals surface area contributed by atoms with Gasteiger partial charge in [-0.25, -0.2) is 13.1 Å². The number of anilines is 1.